The number of thioether (sulfide) groups is 1. The molecule has 1 saturated heterocycles. The lowest BCUT2D eigenvalue weighted by Gasteiger charge is -2.15. The number of thiocarbonyl (C=S) groups is 1. The zero-order chi connectivity index (χ0) is 9.42. The number of nitrogens with zero attached hydrogens (tertiary/aromatic N) is 1. The first-order chi connectivity index (χ1) is 6.18. The molecule has 13 heavy (non-hydrogen) atoms. The molecule has 2 rings (SSSR count). The first-order valence-electron chi connectivity index (χ1n) is 3.98. The van der Waals surface area contributed by atoms with Crippen molar-refractivity contribution in [3.05, 3.63) is 0 Å². The van der Waals surface area contributed by atoms with Crippen LogP contribution in [0.25, 0.3) is 0 Å². The first-order valence-corrected chi connectivity index (χ1v) is 5.38. The Morgan fingerprint density at radius 3 is 2.77 bits per heavy atom. The summed E-state index contributed by atoms with van der Waals surface area (Å²) in [6, 6.07) is 0. The van der Waals surface area contributed by atoms with Crippen LogP contribution in [0.5, 0.6) is 0 Å². The van der Waals surface area contributed by atoms with Gasteiger partial charge in [-0.05, 0) is 12.8 Å². The number of carbonyl (C=O) groups is 2. The summed E-state index contributed by atoms with van der Waals surface area (Å²) in [7, 11) is 0. The highest BCUT2D eigenvalue weighted by Crippen LogP contribution is 2.29. The van der Waals surface area contributed by atoms with E-state index >= 15 is 0 Å². The minimum atomic E-state index is -0.135. The molecule has 1 saturated carbocycles. The number of carbonyl (C=O) groups excluding carboxylic acids is 2. The predicted octanol–water partition coefficient (Wildman–Crippen LogP) is 0.288. The van der Waals surface area contributed by atoms with Crippen molar-refractivity contribution in [2.45, 2.75) is 12.8 Å². The molecule has 0 bridgehead atoms. The molecule has 1 N–H and O–H groups in total. The Balaban J connectivity index is 1.95. The molecule has 0 aromatic heterocycles. The minimum Gasteiger partial charge on any atom is -0.273 e. The van der Waals surface area contributed by atoms with Crippen LogP contribution in [-0.4, -0.2) is 26.9 Å². The Morgan fingerprint density at radius 2 is 2.31 bits per heavy atom. The van der Waals surface area contributed by atoms with Gasteiger partial charge in [-0.25, -0.2) is 5.01 Å². The molecule has 1 heterocycles. The van der Waals surface area contributed by atoms with E-state index in [-0.39, 0.29) is 17.7 Å². The molecule has 2 aliphatic rings. The molecule has 70 valence electrons. The molecule has 6 heteroatoms. The standard InChI is InChI=1S/C7H8N2O2S2/c10-5-3-13-7(12)9(5)8-6(11)4-1-2-4/h4H,1-3H2,(H,8,11). The maximum Gasteiger partial charge on any atom is 0.257 e. The van der Waals surface area contributed by atoms with E-state index < -0.39 is 0 Å². The van der Waals surface area contributed by atoms with Crippen molar-refractivity contribution >= 4 is 40.1 Å². The monoisotopic (exact) mass is 216 g/mol. The Hall–Kier alpha value is -0.620. The summed E-state index contributed by atoms with van der Waals surface area (Å²) < 4.78 is 0.444. The lowest BCUT2D eigenvalue weighted by molar-refractivity contribution is -0.134. The fraction of sp³-hybridized carbons (Fsp3) is 0.571. The van der Waals surface area contributed by atoms with Gasteiger partial charge < -0.3 is 0 Å². The third kappa shape index (κ3) is 1.83. The van der Waals surface area contributed by atoms with Crippen molar-refractivity contribution < 1.29 is 9.59 Å². The molecular weight excluding hydrogens is 208 g/mol. The molecule has 0 unspecified atom stereocenters. The lowest BCUT2D eigenvalue weighted by Crippen LogP contribution is -2.45. The quantitative estimate of drug-likeness (QED) is 0.674. The SMILES string of the molecule is O=C(NN1C(=O)CSC1=S)C1CC1. The summed E-state index contributed by atoms with van der Waals surface area (Å²) in [5.74, 6) is 0.215. The van der Waals surface area contributed by atoms with Gasteiger partial charge in [-0.3, -0.25) is 15.0 Å². The van der Waals surface area contributed by atoms with Gasteiger partial charge in [0.1, 0.15) is 0 Å². The molecule has 1 aliphatic carbocycles. The van der Waals surface area contributed by atoms with E-state index in [9.17, 15) is 9.59 Å². The zero-order valence-electron chi connectivity index (χ0n) is 6.78. The van der Waals surface area contributed by atoms with E-state index in [1.165, 1.54) is 16.8 Å². The topological polar surface area (TPSA) is 49.4 Å². The first kappa shape index (κ1) is 8.96. The molecule has 0 radical (unpaired) electrons. The van der Waals surface area contributed by atoms with Crippen molar-refractivity contribution in [3.63, 3.8) is 0 Å². The largest absolute Gasteiger partial charge is 0.273 e. The highest BCUT2D eigenvalue weighted by molar-refractivity contribution is 8.23. The number of rotatable bonds is 2. The number of hydrogen-bond acceptors (Lipinski definition) is 4. The number of hydrogen-bond donors (Lipinski definition) is 1. The van der Waals surface area contributed by atoms with Crippen LogP contribution in [0.1, 0.15) is 12.8 Å². The summed E-state index contributed by atoms with van der Waals surface area (Å²) in [6.07, 6.45) is 1.85. The van der Waals surface area contributed by atoms with E-state index in [4.69, 9.17) is 12.2 Å². The molecule has 2 amide bonds. The minimum absolute atomic E-state index is 0.0850. The van der Waals surface area contributed by atoms with Crippen molar-refractivity contribution in [1.29, 1.82) is 0 Å². The number of nitrogens with one attached hydrogen (secondary N) is 1. The third-order valence-electron chi connectivity index (χ3n) is 1.92. The van der Waals surface area contributed by atoms with Crippen LogP contribution >= 0.6 is 24.0 Å². The fourth-order valence-corrected chi connectivity index (χ4v) is 1.99. The Labute approximate surface area is 85.0 Å². The van der Waals surface area contributed by atoms with Crippen LogP contribution in [0.4, 0.5) is 0 Å². The second-order valence-electron chi connectivity index (χ2n) is 3.03. The lowest BCUT2D eigenvalue weighted by atomic mass is 10.4. The van der Waals surface area contributed by atoms with E-state index in [1.807, 2.05) is 0 Å². The number of hydrazine groups is 1. The van der Waals surface area contributed by atoms with E-state index in [0.29, 0.717) is 10.1 Å². The molecule has 0 spiro atoms. The number of amides is 2. The molecule has 4 nitrogen and oxygen atoms in total. The third-order valence-corrected chi connectivity index (χ3v) is 3.28. The van der Waals surface area contributed by atoms with Crippen LogP contribution in [0.2, 0.25) is 0 Å². The normalized spacial score (nSPS) is 22.3. The summed E-state index contributed by atoms with van der Waals surface area (Å²) in [6.45, 7) is 0. The Kier molecular flexibility index (Phi) is 2.25. The van der Waals surface area contributed by atoms with Crippen LogP contribution in [0.15, 0.2) is 0 Å². The average molecular weight is 216 g/mol. The molecule has 0 atom stereocenters. The highest BCUT2D eigenvalue weighted by atomic mass is 32.2. The fourth-order valence-electron chi connectivity index (χ4n) is 1.01. The smallest absolute Gasteiger partial charge is 0.257 e. The van der Waals surface area contributed by atoms with Gasteiger partial charge in [0.05, 0.1) is 5.75 Å². The van der Waals surface area contributed by atoms with Crippen LogP contribution < -0.4 is 5.43 Å². The second kappa shape index (κ2) is 3.26. The van der Waals surface area contributed by atoms with Gasteiger partial charge in [0.25, 0.3) is 5.91 Å². The van der Waals surface area contributed by atoms with Gasteiger partial charge in [0.2, 0.25) is 5.91 Å². The van der Waals surface area contributed by atoms with E-state index in [1.54, 1.807) is 0 Å². The van der Waals surface area contributed by atoms with Gasteiger partial charge in [-0.2, -0.15) is 0 Å². The molecule has 0 aromatic rings. The predicted molar refractivity (Wildman–Crippen MR) is 52.8 cm³/mol. The summed E-state index contributed by atoms with van der Waals surface area (Å²) in [4.78, 5) is 22.4. The van der Waals surface area contributed by atoms with Gasteiger partial charge in [-0.1, -0.05) is 24.0 Å². The van der Waals surface area contributed by atoms with Gasteiger partial charge in [0.15, 0.2) is 4.32 Å². The van der Waals surface area contributed by atoms with Crippen molar-refractivity contribution in [2.24, 2.45) is 5.92 Å². The summed E-state index contributed by atoms with van der Waals surface area (Å²) in [5, 5.41) is 1.18. The Bertz CT molecular complexity index is 272. The van der Waals surface area contributed by atoms with Crippen LogP contribution in [0, 0.1) is 5.92 Å². The second-order valence-corrected chi connectivity index (χ2v) is 4.64. The summed E-state index contributed by atoms with van der Waals surface area (Å²) >= 11 is 6.18. The van der Waals surface area contributed by atoms with Gasteiger partial charge in [0, 0.05) is 5.92 Å². The Morgan fingerprint density at radius 1 is 1.62 bits per heavy atom. The van der Waals surface area contributed by atoms with Crippen molar-refractivity contribution in [3.8, 4) is 0 Å². The maximum atomic E-state index is 11.3. The zero-order valence-corrected chi connectivity index (χ0v) is 8.41. The maximum absolute atomic E-state index is 11.3. The van der Waals surface area contributed by atoms with E-state index in [0.717, 1.165) is 12.8 Å². The average Bonchev–Trinajstić information content (AvgIpc) is 2.88. The van der Waals surface area contributed by atoms with Gasteiger partial charge >= 0.3 is 0 Å². The van der Waals surface area contributed by atoms with Crippen molar-refractivity contribution in [2.75, 3.05) is 5.75 Å². The molecular formula is C7H8N2O2S2. The van der Waals surface area contributed by atoms with Crippen LogP contribution in [0.3, 0.4) is 0 Å². The van der Waals surface area contributed by atoms with Crippen LogP contribution in [-0.2, 0) is 9.59 Å². The van der Waals surface area contributed by atoms with E-state index in [2.05, 4.69) is 5.43 Å². The van der Waals surface area contributed by atoms with Crippen molar-refractivity contribution in [1.82, 2.24) is 10.4 Å². The molecule has 1 aliphatic heterocycles. The van der Waals surface area contributed by atoms with Gasteiger partial charge in [-0.15, -0.1) is 0 Å². The molecule has 2 fully saturated rings. The summed E-state index contributed by atoms with van der Waals surface area (Å²) in [5.41, 5.74) is 2.52. The molecule has 0 aromatic carbocycles. The highest BCUT2D eigenvalue weighted by Gasteiger charge is 2.34.